The number of hydrogen-bond donors (Lipinski definition) is 1. The summed E-state index contributed by atoms with van der Waals surface area (Å²) in [6.45, 7) is 9.93. The average Bonchev–Trinajstić information content (AvgIpc) is 2.46. The highest BCUT2D eigenvalue weighted by Gasteiger charge is 2.12. The molecule has 2 aromatic rings. The zero-order chi connectivity index (χ0) is 15.3. The molecule has 0 aliphatic rings. The highest BCUT2D eigenvalue weighted by Crippen LogP contribution is 2.22. The van der Waals surface area contributed by atoms with Gasteiger partial charge in [-0.25, -0.2) is 0 Å². The summed E-state index contributed by atoms with van der Waals surface area (Å²) < 4.78 is 0. The van der Waals surface area contributed by atoms with E-state index >= 15 is 0 Å². The van der Waals surface area contributed by atoms with Crippen molar-refractivity contribution in [2.45, 2.75) is 52.1 Å². The smallest absolute Gasteiger partial charge is 0.0208 e. The van der Waals surface area contributed by atoms with Gasteiger partial charge in [0.15, 0.2) is 0 Å². The Hall–Kier alpha value is -1.60. The summed E-state index contributed by atoms with van der Waals surface area (Å²) in [6.07, 6.45) is 1.07. The summed E-state index contributed by atoms with van der Waals surface area (Å²) in [5.74, 6) is 0. The molecule has 0 heterocycles. The van der Waals surface area contributed by atoms with Crippen molar-refractivity contribution in [3.63, 3.8) is 0 Å². The van der Waals surface area contributed by atoms with Crippen LogP contribution in [0.2, 0.25) is 0 Å². The van der Waals surface area contributed by atoms with E-state index in [1.54, 1.807) is 0 Å². The van der Waals surface area contributed by atoms with Gasteiger partial charge in [0, 0.05) is 12.6 Å². The van der Waals surface area contributed by atoms with Gasteiger partial charge < -0.3 is 5.32 Å². The Bertz CT molecular complexity index is 534. The Balaban J connectivity index is 1.85. The van der Waals surface area contributed by atoms with E-state index in [4.69, 9.17) is 0 Å². The lowest BCUT2D eigenvalue weighted by atomic mass is 9.87. The van der Waals surface area contributed by atoms with Crippen LogP contribution in [0, 0.1) is 0 Å². The molecule has 21 heavy (non-hydrogen) atoms. The number of hydrogen-bond acceptors (Lipinski definition) is 1. The normalized spacial score (nSPS) is 13.1. The Morgan fingerprint density at radius 1 is 0.857 bits per heavy atom. The molecular formula is C20H27N. The van der Waals surface area contributed by atoms with Gasteiger partial charge in [-0.15, -0.1) is 0 Å². The summed E-state index contributed by atoms with van der Waals surface area (Å²) in [4.78, 5) is 0. The van der Waals surface area contributed by atoms with Crippen LogP contribution in [0.4, 0.5) is 0 Å². The average molecular weight is 281 g/mol. The molecular weight excluding hydrogens is 254 g/mol. The molecule has 2 rings (SSSR count). The maximum absolute atomic E-state index is 3.61. The minimum atomic E-state index is 0.229. The van der Waals surface area contributed by atoms with Crippen molar-refractivity contribution in [2.75, 3.05) is 0 Å². The SMILES string of the molecule is CC(Cc1ccccc1)NCc1ccc(C(C)(C)C)cc1. The maximum Gasteiger partial charge on any atom is 0.0208 e. The molecule has 112 valence electrons. The van der Waals surface area contributed by atoms with Crippen molar-refractivity contribution >= 4 is 0 Å². The summed E-state index contributed by atoms with van der Waals surface area (Å²) >= 11 is 0. The molecule has 0 amide bonds. The summed E-state index contributed by atoms with van der Waals surface area (Å²) in [5, 5.41) is 3.61. The van der Waals surface area contributed by atoms with Crippen molar-refractivity contribution in [1.82, 2.24) is 5.32 Å². The van der Waals surface area contributed by atoms with Crippen molar-refractivity contribution in [3.8, 4) is 0 Å². The molecule has 2 aromatic carbocycles. The fourth-order valence-corrected chi connectivity index (χ4v) is 2.45. The molecule has 0 aromatic heterocycles. The molecule has 1 N–H and O–H groups in total. The highest BCUT2D eigenvalue weighted by molar-refractivity contribution is 5.27. The summed E-state index contributed by atoms with van der Waals surface area (Å²) in [5.41, 5.74) is 4.36. The molecule has 0 spiro atoms. The van der Waals surface area contributed by atoms with Crippen LogP contribution in [0.25, 0.3) is 0 Å². The summed E-state index contributed by atoms with van der Waals surface area (Å²) in [7, 11) is 0. The van der Waals surface area contributed by atoms with Crippen LogP contribution < -0.4 is 5.32 Å². The van der Waals surface area contributed by atoms with E-state index in [9.17, 15) is 0 Å². The second kappa shape index (κ2) is 6.91. The van der Waals surface area contributed by atoms with Gasteiger partial charge in [-0.1, -0.05) is 75.4 Å². The second-order valence-corrected chi connectivity index (χ2v) is 6.92. The minimum Gasteiger partial charge on any atom is -0.310 e. The van der Waals surface area contributed by atoms with Gasteiger partial charge in [0.1, 0.15) is 0 Å². The molecule has 1 heteroatoms. The molecule has 1 atom stereocenters. The molecule has 0 radical (unpaired) electrons. The summed E-state index contributed by atoms with van der Waals surface area (Å²) in [6, 6.07) is 20.1. The Morgan fingerprint density at radius 2 is 1.48 bits per heavy atom. The molecule has 0 saturated heterocycles. The van der Waals surface area contributed by atoms with Crippen LogP contribution in [0.1, 0.15) is 44.4 Å². The van der Waals surface area contributed by atoms with E-state index in [1.807, 2.05) is 0 Å². The minimum absolute atomic E-state index is 0.229. The fourth-order valence-electron chi connectivity index (χ4n) is 2.45. The molecule has 1 nitrogen and oxygen atoms in total. The topological polar surface area (TPSA) is 12.0 Å². The van der Waals surface area contributed by atoms with E-state index in [0.29, 0.717) is 6.04 Å². The first-order valence-corrected chi connectivity index (χ1v) is 7.82. The first kappa shape index (κ1) is 15.8. The Labute approximate surface area is 129 Å². The molecule has 0 aliphatic heterocycles. The molecule has 0 saturated carbocycles. The van der Waals surface area contributed by atoms with E-state index in [2.05, 4.69) is 87.6 Å². The predicted molar refractivity (Wildman–Crippen MR) is 91.6 cm³/mol. The maximum atomic E-state index is 3.61. The zero-order valence-electron chi connectivity index (χ0n) is 13.7. The predicted octanol–water partition coefficient (Wildman–Crippen LogP) is 4.70. The van der Waals surface area contributed by atoms with Gasteiger partial charge in [0.25, 0.3) is 0 Å². The number of rotatable bonds is 5. The van der Waals surface area contributed by atoms with Gasteiger partial charge in [-0.2, -0.15) is 0 Å². The lowest BCUT2D eigenvalue weighted by Gasteiger charge is -2.19. The van der Waals surface area contributed by atoms with Crippen molar-refractivity contribution in [1.29, 1.82) is 0 Å². The molecule has 0 aliphatic carbocycles. The largest absolute Gasteiger partial charge is 0.310 e. The van der Waals surface area contributed by atoms with Crippen molar-refractivity contribution in [3.05, 3.63) is 71.3 Å². The van der Waals surface area contributed by atoms with Gasteiger partial charge >= 0.3 is 0 Å². The molecule has 0 bridgehead atoms. The molecule has 1 unspecified atom stereocenters. The van der Waals surface area contributed by atoms with E-state index in [1.165, 1.54) is 16.7 Å². The van der Waals surface area contributed by atoms with Crippen LogP contribution >= 0.6 is 0 Å². The quantitative estimate of drug-likeness (QED) is 0.837. The third kappa shape index (κ3) is 5.02. The first-order valence-electron chi connectivity index (χ1n) is 7.82. The van der Waals surface area contributed by atoms with E-state index < -0.39 is 0 Å². The van der Waals surface area contributed by atoms with Gasteiger partial charge in [0.2, 0.25) is 0 Å². The monoisotopic (exact) mass is 281 g/mol. The van der Waals surface area contributed by atoms with Crippen LogP contribution in [-0.2, 0) is 18.4 Å². The van der Waals surface area contributed by atoms with Crippen molar-refractivity contribution in [2.24, 2.45) is 0 Å². The van der Waals surface area contributed by atoms with Crippen LogP contribution in [0.3, 0.4) is 0 Å². The van der Waals surface area contributed by atoms with Crippen molar-refractivity contribution < 1.29 is 0 Å². The van der Waals surface area contributed by atoms with Crippen LogP contribution in [0.5, 0.6) is 0 Å². The third-order valence-electron chi connectivity index (χ3n) is 3.86. The second-order valence-electron chi connectivity index (χ2n) is 6.92. The van der Waals surface area contributed by atoms with Gasteiger partial charge in [-0.3, -0.25) is 0 Å². The van der Waals surface area contributed by atoms with E-state index in [-0.39, 0.29) is 5.41 Å². The molecule has 0 fully saturated rings. The Morgan fingerprint density at radius 3 is 2.05 bits per heavy atom. The number of nitrogens with one attached hydrogen (secondary N) is 1. The fraction of sp³-hybridized carbons (Fsp3) is 0.400. The van der Waals surface area contributed by atoms with Crippen LogP contribution in [0.15, 0.2) is 54.6 Å². The van der Waals surface area contributed by atoms with Gasteiger partial charge in [0.05, 0.1) is 0 Å². The third-order valence-corrected chi connectivity index (χ3v) is 3.86. The standard InChI is InChI=1S/C20H27N/c1-16(14-17-8-6-5-7-9-17)21-15-18-10-12-19(13-11-18)20(2,3)4/h5-13,16,21H,14-15H2,1-4H3. The Kier molecular flexibility index (Phi) is 5.19. The first-order chi connectivity index (χ1) is 9.95. The zero-order valence-corrected chi connectivity index (χ0v) is 13.7. The lowest BCUT2D eigenvalue weighted by Crippen LogP contribution is -2.27. The van der Waals surface area contributed by atoms with Crippen LogP contribution in [-0.4, -0.2) is 6.04 Å². The lowest BCUT2D eigenvalue weighted by molar-refractivity contribution is 0.544. The van der Waals surface area contributed by atoms with Gasteiger partial charge in [-0.05, 0) is 35.4 Å². The highest BCUT2D eigenvalue weighted by atomic mass is 14.9. The van der Waals surface area contributed by atoms with E-state index in [0.717, 1.165) is 13.0 Å². The number of benzene rings is 2.